The van der Waals surface area contributed by atoms with Crippen LogP contribution in [0.4, 0.5) is 0 Å². The van der Waals surface area contributed by atoms with Crippen molar-refractivity contribution in [2.24, 2.45) is 14.1 Å². The zero-order valence-electron chi connectivity index (χ0n) is 14.3. The molecule has 11 heteroatoms. The maximum absolute atomic E-state index is 12.1. The van der Waals surface area contributed by atoms with Gasteiger partial charge in [0.15, 0.2) is 5.65 Å². The van der Waals surface area contributed by atoms with E-state index in [0.29, 0.717) is 18.7 Å². The number of imidazole rings is 1. The molecule has 0 radical (unpaired) electrons. The second-order valence-electron chi connectivity index (χ2n) is 5.78. The third kappa shape index (κ3) is 3.30. The van der Waals surface area contributed by atoms with Crippen LogP contribution in [0.3, 0.4) is 0 Å². The monoisotopic (exact) mass is 378 g/mol. The number of sulfonamides is 1. The fourth-order valence-corrected chi connectivity index (χ4v) is 3.58. The lowest BCUT2D eigenvalue weighted by molar-refractivity contribution is 0.578. The molecule has 0 aliphatic rings. The summed E-state index contributed by atoms with van der Waals surface area (Å²) in [5.74, 6) is 0.513. The third-order valence-corrected chi connectivity index (χ3v) is 5.42. The Morgan fingerprint density at radius 2 is 2.00 bits per heavy atom. The number of fused-ring (bicyclic) bond motifs is 1. The standard InChI is InChI=1S/C15H18N6O4S/c1-20-13-12(14(22)21(2)15(20)23)18-11(19-13)6-4-8-17-26(24,25)10-5-3-7-16-9-10/h3,5,7,9,17H,4,6,8H2,1-2H3,(H,18,19). The van der Waals surface area contributed by atoms with Crippen molar-refractivity contribution >= 4 is 21.2 Å². The topological polar surface area (TPSA) is 132 Å². The van der Waals surface area contributed by atoms with Crippen molar-refractivity contribution in [3.8, 4) is 0 Å². The molecule has 3 aromatic rings. The van der Waals surface area contributed by atoms with Gasteiger partial charge in [-0.3, -0.25) is 18.9 Å². The van der Waals surface area contributed by atoms with Gasteiger partial charge in [-0.2, -0.15) is 0 Å². The molecule has 0 spiro atoms. The Balaban J connectivity index is 1.70. The van der Waals surface area contributed by atoms with Crippen LogP contribution in [0, 0.1) is 0 Å². The number of hydrogen-bond donors (Lipinski definition) is 2. The van der Waals surface area contributed by atoms with Gasteiger partial charge in [-0.05, 0) is 18.6 Å². The van der Waals surface area contributed by atoms with Gasteiger partial charge < -0.3 is 4.98 Å². The Bertz CT molecular complexity index is 1160. The first kappa shape index (κ1) is 18.0. The predicted octanol–water partition coefficient (Wildman–Crippen LogP) is -0.734. The summed E-state index contributed by atoms with van der Waals surface area (Å²) in [6, 6.07) is 3.01. The minimum absolute atomic E-state index is 0.0993. The van der Waals surface area contributed by atoms with Gasteiger partial charge in [-0.1, -0.05) is 0 Å². The lowest BCUT2D eigenvalue weighted by Gasteiger charge is -2.05. The number of nitrogens with one attached hydrogen (secondary N) is 2. The molecule has 0 fully saturated rings. The third-order valence-electron chi connectivity index (χ3n) is 3.97. The minimum Gasteiger partial charge on any atom is -0.336 e. The van der Waals surface area contributed by atoms with E-state index in [9.17, 15) is 18.0 Å². The number of nitrogens with zero attached hydrogens (tertiary/aromatic N) is 4. The number of pyridine rings is 1. The van der Waals surface area contributed by atoms with E-state index in [-0.39, 0.29) is 22.6 Å². The lowest BCUT2D eigenvalue weighted by atomic mass is 10.3. The molecule has 2 N–H and O–H groups in total. The predicted molar refractivity (Wildman–Crippen MR) is 94.3 cm³/mol. The molecule has 0 aliphatic heterocycles. The molecular weight excluding hydrogens is 360 g/mol. The minimum atomic E-state index is -3.61. The maximum Gasteiger partial charge on any atom is 0.332 e. The lowest BCUT2D eigenvalue weighted by Crippen LogP contribution is -2.36. The van der Waals surface area contributed by atoms with Gasteiger partial charge in [0.1, 0.15) is 16.2 Å². The Labute approximate surface area is 148 Å². The summed E-state index contributed by atoms with van der Waals surface area (Å²) in [7, 11) is -0.667. The van der Waals surface area contributed by atoms with Crippen molar-refractivity contribution in [1.29, 1.82) is 0 Å². The van der Waals surface area contributed by atoms with Crippen molar-refractivity contribution in [1.82, 2.24) is 28.8 Å². The van der Waals surface area contributed by atoms with Crippen LogP contribution in [-0.4, -0.2) is 39.0 Å². The molecule has 138 valence electrons. The van der Waals surface area contributed by atoms with Crippen LogP contribution in [0.15, 0.2) is 39.0 Å². The molecule has 3 heterocycles. The highest BCUT2D eigenvalue weighted by Crippen LogP contribution is 2.07. The summed E-state index contributed by atoms with van der Waals surface area (Å²) in [5, 5.41) is 0. The summed E-state index contributed by atoms with van der Waals surface area (Å²) < 4.78 is 29.0. The highest BCUT2D eigenvalue weighted by atomic mass is 32.2. The van der Waals surface area contributed by atoms with E-state index < -0.39 is 21.3 Å². The second kappa shape index (κ2) is 6.84. The van der Waals surface area contributed by atoms with Crippen LogP contribution in [0.25, 0.3) is 11.2 Å². The first-order valence-electron chi connectivity index (χ1n) is 7.85. The SMILES string of the molecule is Cn1c(=O)c2[nH]c(CCCNS(=O)(=O)c3cccnc3)nc2n(C)c1=O. The summed E-state index contributed by atoms with van der Waals surface area (Å²) in [4.78, 5) is 35.1. The molecule has 3 aromatic heterocycles. The number of rotatable bonds is 6. The average Bonchev–Trinajstić information content (AvgIpc) is 3.07. The molecule has 0 amide bonds. The Kier molecular flexibility index (Phi) is 4.74. The highest BCUT2D eigenvalue weighted by Gasteiger charge is 2.15. The molecule has 0 aliphatic carbocycles. The normalized spacial score (nSPS) is 11.9. The van der Waals surface area contributed by atoms with Gasteiger partial charge in [-0.15, -0.1) is 0 Å². The number of H-pyrrole nitrogens is 1. The Morgan fingerprint density at radius 1 is 1.23 bits per heavy atom. The summed E-state index contributed by atoms with van der Waals surface area (Å²) >= 11 is 0. The smallest absolute Gasteiger partial charge is 0.332 e. The van der Waals surface area contributed by atoms with Crippen molar-refractivity contribution in [2.75, 3.05) is 6.54 Å². The molecular formula is C15H18N6O4S. The highest BCUT2D eigenvalue weighted by molar-refractivity contribution is 7.89. The molecule has 3 rings (SSSR count). The fourth-order valence-electron chi connectivity index (χ4n) is 2.54. The summed E-state index contributed by atoms with van der Waals surface area (Å²) in [6.45, 7) is 0.200. The molecule has 0 saturated heterocycles. The van der Waals surface area contributed by atoms with Crippen LogP contribution in [0.2, 0.25) is 0 Å². The number of aromatic amines is 1. The molecule has 0 saturated carbocycles. The van der Waals surface area contributed by atoms with E-state index >= 15 is 0 Å². The molecule has 10 nitrogen and oxygen atoms in total. The van der Waals surface area contributed by atoms with E-state index in [1.807, 2.05) is 0 Å². The van der Waals surface area contributed by atoms with Crippen LogP contribution >= 0.6 is 0 Å². The molecule has 26 heavy (non-hydrogen) atoms. The van der Waals surface area contributed by atoms with Crippen LogP contribution in [-0.2, 0) is 30.5 Å². The maximum atomic E-state index is 12.1. The first-order chi connectivity index (χ1) is 12.3. The van der Waals surface area contributed by atoms with Gasteiger partial charge >= 0.3 is 5.69 Å². The second-order valence-corrected chi connectivity index (χ2v) is 7.54. The van der Waals surface area contributed by atoms with Gasteiger partial charge in [0.2, 0.25) is 10.0 Å². The van der Waals surface area contributed by atoms with E-state index in [0.717, 1.165) is 4.57 Å². The van der Waals surface area contributed by atoms with Crippen molar-refractivity contribution in [3.63, 3.8) is 0 Å². The van der Waals surface area contributed by atoms with E-state index in [4.69, 9.17) is 0 Å². The van der Waals surface area contributed by atoms with Gasteiger partial charge in [0.05, 0.1) is 0 Å². The van der Waals surface area contributed by atoms with Crippen LogP contribution < -0.4 is 16.0 Å². The fraction of sp³-hybridized carbons (Fsp3) is 0.333. The summed E-state index contributed by atoms with van der Waals surface area (Å²) in [5.41, 5.74) is -0.367. The van der Waals surface area contributed by atoms with Crippen LogP contribution in [0.5, 0.6) is 0 Å². The van der Waals surface area contributed by atoms with Gasteiger partial charge in [0.25, 0.3) is 5.56 Å². The zero-order valence-corrected chi connectivity index (χ0v) is 15.1. The first-order valence-corrected chi connectivity index (χ1v) is 9.34. The Hall–Kier alpha value is -2.79. The molecule has 0 atom stereocenters. The summed E-state index contributed by atoms with van der Waals surface area (Å²) in [6.07, 6.45) is 3.66. The number of aromatic nitrogens is 5. The van der Waals surface area contributed by atoms with Crippen molar-refractivity contribution in [3.05, 3.63) is 51.2 Å². The quantitative estimate of drug-likeness (QED) is 0.544. The number of aryl methyl sites for hydroxylation is 2. The average molecular weight is 378 g/mol. The molecule has 0 aromatic carbocycles. The molecule has 0 bridgehead atoms. The van der Waals surface area contributed by atoms with Gasteiger partial charge in [0, 0.05) is 39.5 Å². The number of hydrogen-bond acceptors (Lipinski definition) is 6. The zero-order chi connectivity index (χ0) is 18.9. The van der Waals surface area contributed by atoms with E-state index in [1.54, 1.807) is 6.07 Å². The van der Waals surface area contributed by atoms with Gasteiger partial charge in [-0.25, -0.2) is 22.9 Å². The van der Waals surface area contributed by atoms with Crippen molar-refractivity contribution in [2.45, 2.75) is 17.7 Å². The van der Waals surface area contributed by atoms with Crippen molar-refractivity contribution < 1.29 is 8.42 Å². The van der Waals surface area contributed by atoms with E-state index in [1.165, 1.54) is 37.1 Å². The largest absolute Gasteiger partial charge is 0.336 e. The molecule has 0 unspecified atom stereocenters. The van der Waals surface area contributed by atoms with Crippen LogP contribution in [0.1, 0.15) is 12.2 Å². The van der Waals surface area contributed by atoms with E-state index in [2.05, 4.69) is 19.7 Å². The Morgan fingerprint density at radius 3 is 2.69 bits per heavy atom.